The van der Waals surface area contributed by atoms with Gasteiger partial charge < -0.3 is 15.5 Å². The van der Waals surface area contributed by atoms with Crippen molar-refractivity contribution in [1.82, 2.24) is 15.5 Å². The highest BCUT2D eigenvalue weighted by Crippen LogP contribution is 2.29. The number of carbonyl (C=O) groups excluding carboxylic acids is 1. The van der Waals surface area contributed by atoms with Crippen molar-refractivity contribution in [1.29, 1.82) is 0 Å². The highest BCUT2D eigenvalue weighted by molar-refractivity contribution is 14.0. The summed E-state index contributed by atoms with van der Waals surface area (Å²) in [5, 5.41) is 6.58. The monoisotopic (exact) mass is 552 g/mol. The van der Waals surface area contributed by atoms with Crippen LogP contribution >= 0.6 is 24.0 Å². The smallest absolute Gasteiger partial charge is 0.356 e. The molecule has 1 amide bonds. The van der Waals surface area contributed by atoms with Crippen LogP contribution in [0, 0.1) is 5.92 Å². The molecular weight excluding hydrogens is 520 g/mol. The van der Waals surface area contributed by atoms with E-state index in [0.29, 0.717) is 31.4 Å². The van der Waals surface area contributed by atoms with E-state index >= 15 is 0 Å². The SMILES string of the molecule is CN=C(NCCc1ccc(C(F)(F)F)cc1)NC1CCN(C(=O)C2CCCCC2)C1.I. The van der Waals surface area contributed by atoms with Crippen molar-refractivity contribution >= 4 is 35.8 Å². The van der Waals surface area contributed by atoms with Crippen molar-refractivity contribution in [2.45, 2.75) is 57.2 Å². The molecule has 3 rings (SSSR count). The number of alkyl halides is 3. The molecule has 1 atom stereocenters. The second kappa shape index (κ2) is 11.9. The molecule has 1 heterocycles. The van der Waals surface area contributed by atoms with Gasteiger partial charge in [-0.1, -0.05) is 31.4 Å². The summed E-state index contributed by atoms with van der Waals surface area (Å²) in [6.45, 7) is 2.02. The normalized spacial score (nSPS) is 20.3. The zero-order chi connectivity index (χ0) is 21.6. The van der Waals surface area contributed by atoms with Gasteiger partial charge in [0.15, 0.2) is 5.96 Å². The summed E-state index contributed by atoms with van der Waals surface area (Å²) in [4.78, 5) is 18.9. The topological polar surface area (TPSA) is 56.7 Å². The lowest BCUT2D eigenvalue weighted by Gasteiger charge is -2.26. The van der Waals surface area contributed by atoms with Gasteiger partial charge in [-0.05, 0) is 43.4 Å². The van der Waals surface area contributed by atoms with Crippen LogP contribution < -0.4 is 10.6 Å². The number of nitrogens with zero attached hydrogens (tertiary/aromatic N) is 2. The number of rotatable bonds is 5. The predicted molar refractivity (Wildman–Crippen MR) is 127 cm³/mol. The van der Waals surface area contributed by atoms with Crippen molar-refractivity contribution < 1.29 is 18.0 Å². The lowest BCUT2D eigenvalue weighted by molar-refractivity contribution is -0.137. The van der Waals surface area contributed by atoms with E-state index in [9.17, 15) is 18.0 Å². The first-order valence-corrected chi connectivity index (χ1v) is 10.8. The maximum absolute atomic E-state index is 12.7. The van der Waals surface area contributed by atoms with Crippen LogP contribution in [-0.2, 0) is 17.4 Å². The van der Waals surface area contributed by atoms with Crippen LogP contribution in [0.3, 0.4) is 0 Å². The van der Waals surface area contributed by atoms with Crippen LogP contribution in [0.2, 0.25) is 0 Å². The van der Waals surface area contributed by atoms with Crippen molar-refractivity contribution in [3.63, 3.8) is 0 Å². The number of hydrogen-bond donors (Lipinski definition) is 2. The molecule has 1 aliphatic heterocycles. The summed E-state index contributed by atoms with van der Waals surface area (Å²) in [5.41, 5.74) is 0.196. The molecule has 1 aromatic carbocycles. The van der Waals surface area contributed by atoms with Gasteiger partial charge in [0.05, 0.1) is 5.56 Å². The Morgan fingerprint density at radius 3 is 2.42 bits per heavy atom. The van der Waals surface area contributed by atoms with Crippen LogP contribution in [-0.4, -0.2) is 49.5 Å². The molecule has 174 valence electrons. The number of benzene rings is 1. The number of likely N-dealkylation sites (tertiary alicyclic amines) is 1. The first-order chi connectivity index (χ1) is 14.4. The maximum atomic E-state index is 12.7. The van der Waals surface area contributed by atoms with E-state index in [4.69, 9.17) is 0 Å². The summed E-state index contributed by atoms with van der Waals surface area (Å²) >= 11 is 0. The Bertz CT molecular complexity index is 733. The third-order valence-electron chi connectivity index (χ3n) is 6.01. The zero-order valence-electron chi connectivity index (χ0n) is 17.9. The van der Waals surface area contributed by atoms with Gasteiger partial charge in [0, 0.05) is 38.6 Å². The molecule has 0 aromatic heterocycles. The molecule has 1 aliphatic carbocycles. The average molecular weight is 552 g/mol. The Hall–Kier alpha value is -1.52. The second-order valence-corrected chi connectivity index (χ2v) is 8.19. The first kappa shape index (κ1) is 25.7. The van der Waals surface area contributed by atoms with E-state index in [1.165, 1.54) is 18.6 Å². The Balaban J connectivity index is 0.00000341. The van der Waals surface area contributed by atoms with Gasteiger partial charge in [0.25, 0.3) is 0 Å². The van der Waals surface area contributed by atoms with Gasteiger partial charge in [-0.25, -0.2) is 0 Å². The van der Waals surface area contributed by atoms with E-state index < -0.39 is 11.7 Å². The molecule has 1 saturated heterocycles. The zero-order valence-corrected chi connectivity index (χ0v) is 20.2. The first-order valence-electron chi connectivity index (χ1n) is 10.8. The highest BCUT2D eigenvalue weighted by atomic mass is 127. The van der Waals surface area contributed by atoms with E-state index in [2.05, 4.69) is 15.6 Å². The van der Waals surface area contributed by atoms with E-state index in [1.54, 1.807) is 7.05 Å². The largest absolute Gasteiger partial charge is 0.416 e. The van der Waals surface area contributed by atoms with Gasteiger partial charge >= 0.3 is 6.18 Å². The van der Waals surface area contributed by atoms with Gasteiger partial charge in [-0.2, -0.15) is 13.2 Å². The molecule has 1 unspecified atom stereocenters. The molecule has 0 spiro atoms. The van der Waals surface area contributed by atoms with Crippen molar-refractivity contribution in [3.8, 4) is 0 Å². The fourth-order valence-electron chi connectivity index (χ4n) is 4.26. The molecule has 1 saturated carbocycles. The average Bonchev–Trinajstić information content (AvgIpc) is 3.21. The van der Waals surface area contributed by atoms with Gasteiger partial charge in [0.1, 0.15) is 0 Å². The minimum Gasteiger partial charge on any atom is -0.356 e. The highest BCUT2D eigenvalue weighted by Gasteiger charge is 2.32. The molecule has 2 fully saturated rings. The number of hydrogen-bond acceptors (Lipinski definition) is 2. The van der Waals surface area contributed by atoms with Gasteiger partial charge in [-0.3, -0.25) is 9.79 Å². The van der Waals surface area contributed by atoms with Crippen molar-refractivity contribution in [3.05, 3.63) is 35.4 Å². The Morgan fingerprint density at radius 2 is 1.81 bits per heavy atom. The predicted octanol–water partition coefficient (Wildman–Crippen LogP) is 4.21. The quantitative estimate of drug-likeness (QED) is 0.327. The summed E-state index contributed by atoms with van der Waals surface area (Å²) in [6, 6.07) is 5.39. The van der Waals surface area contributed by atoms with Crippen LogP contribution in [0.1, 0.15) is 49.7 Å². The minimum absolute atomic E-state index is 0. The number of halogens is 4. The lowest BCUT2D eigenvalue weighted by Crippen LogP contribution is -2.46. The number of guanidine groups is 1. The van der Waals surface area contributed by atoms with Gasteiger partial charge in [-0.15, -0.1) is 24.0 Å². The Kier molecular flexibility index (Phi) is 9.90. The molecular formula is C22H32F3IN4O. The Morgan fingerprint density at radius 1 is 1.13 bits per heavy atom. The molecule has 5 nitrogen and oxygen atoms in total. The number of carbonyl (C=O) groups is 1. The second-order valence-electron chi connectivity index (χ2n) is 8.19. The molecule has 31 heavy (non-hydrogen) atoms. The number of amides is 1. The lowest BCUT2D eigenvalue weighted by atomic mass is 9.88. The van der Waals surface area contributed by atoms with E-state index in [1.807, 2.05) is 4.90 Å². The van der Waals surface area contributed by atoms with Crippen LogP contribution in [0.15, 0.2) is 29.3 Å². The molecule has 2 aliphatic rings. The summed E-state index contributed by atoms with van der Waals surface area (Å²) in [5.74, 6) is 1.14. The fourth-order valence-corrected chi connectivity index (χ4v) is 4.26. The molecule has 2 N–H and O–H groups in total. The molecule has 1 aromatic rings. The molecule has 0 bridgehead atoms. The van der Waals surface area contributed by atoms with Gasteiger partial charge in [0.2, 0.25) is 5.91 Å². The number of nitrogens with one attached hydrogen (secondary N) is 2. The summed E-state index contributed by atoms with van der Waals surface area (Å²) < 4.78 is 37.9. The van der Waals surface area contributed by atoms with Crippen molar-refractivity contribution in [2.75, 3.05) is 26.7 Å². The molecule has 0 radical (unpaired) electrons. The third-order valence-corrected chi connectivity index (χ3v) is 6.01. The standard InChI is InChI=1S/C22H31F3N4O.HI/c1-26-21(27-13-11-16-7-9-18(10-8-16)22(23,24)25)28-19-12-14-29(15-19)20(30)17-5-3-2-4-6-17;/h7-10,17,19H,2-6,11-15H2,1H3,(H2,26,27,28);1H. The fraction of sp³-hybridized carbons (Fsp3) is 0.636. The third kappa shape index (κ3) is 7.54. The summed E-state index contributed by atoms with van der Waals surface area (Å²) in [6.07, 6.45) is 2.75. The van der Waals surface area contributed by atoms with Crippen LogP contribution in [0.5, 0.6) is 0 Å². The van der Waals surface area contributed by atoms with E-state index in [0.717, 1.165) is 56.3 Å². The maximum Gasteiger partial charge on any atom is 0.416 e. The Labute approximate surface area is 199 Å². The molecule has 9 heteroatoms. The summed E-state index contributed by atoms with van der Waals surface area (Å²) in [7, 11) is 1.69. The number of aliphatic imine (C=N–C) groups is 1. The van der Waals surface area contributed by atoms with Crippen molar-refractivity contribution in [2.24, 2.45) is 10.9 Å². The van der Waals surface area contributed by atoms with Crippen LogP contribution in [0.4, 0.5) is 13.2 Å². The van der Waals surface area contributed by atoms with E-state index in [-0.39, 0.29) is 35.9 Å². The van der Waals surface area contributed by atoms with Crippen LogP contribution in [0.25, 0.3) is 0 Å². The minimum atomic E-state index is -4.31.